The van der Waals surface area contributed by atoms with Crippen LogP contribution in [0.5, 0.6) is 0 Å². The SMILES string of the molecule is CCc1c(-c2ccc(Br)cc2)n[nH]c1C(=O)O. The number of H-pyrrole nitrogens is 1. The molecule has 0 fully saturated rings. The molecule has 0 aliphatic heterocycles. The first-order valence-corrected chi connectivity index (χ1v) is 5.99. The molecule has 0 unspecified atom stereocenters. The van der Waals surface area contributed by atoms with Gasteiger partial charge in [-0.2, -0.15) is 5.10 Å². The minimum absolute atomic E-state index is 0.172. The number of hydrogen-bond acceptors (Lipinski definition) is 2. The zero-order valence-electron chi connectivity index (χ0n) is 9.20. The van der Waals surface area contributed by atoms with E-state index in [0.29, 0.717) is 12.1 Å². The van der Waals surface area contributed by atoms with Crippen LogP contribution in [0.4, 0.5) is 0 Å². The number of carbonyl (C=O) groups is 1. The highest BCUT2D eigenvalue weighted by atomic mass is 79.9. The molecule has 5 heteroatoms. The lowest BCUT2D eigenvalue weighted by Gasteiger charge is -2.01. The summed E-state index contributed by atoms with van der Waals surface area (Å²) >= 11 is 3.36. The molecule has 2 rings (SSSR count). The summed E-state index contributed by atoms with van der Waals surface area (Å²) in [4.78, 5) is 11.0. The number of aromatic amines is 1. The molecule has 17 heavy (non-hydrogen) atoms. The summed E-state index contributed by atoms with van der Waals surface area (Å²) in [5.41, 5.74) is 2.52. The predicted octanol–water partition coefficient (Wildman–Crippen LogP) is 3.10. The van der Waals surface area contributed by atoms with E-state index in [1.807, 2.05) is 31.2 Å². The normalized spacial score (nSPS) is 10.5. The minimum Gasteiger partial charge on any atom is -0.477 e. The van der Waals surface area contributed by atoms with Gasteiger partial charge in [0.1, 0.15) is 5.69 Å². The fraction of sp³-hybridized carbons (Fsp3) is 0.167. The van der Waals surface area contributed by atoms with Gasteiger partial charge in [-0.15, -0.1) is 0 Å². The van der Waals surface area contributed by atoms with Crippen LogP contribution in [-0.4, -0.2) is 21.3 Å². The third-order valence-corrected chi connectivity index (χ3v) is 3.08. The summed E-state index contributed by atoms with van der Waals surface area (Å²) in [6.45, 7) is 1.92. The van der Waals surface area contributed by atoms with Crippen molar-refractivity contribution in [2.75, 3.05) is 0 Å². The summed E-state index contributed by atoms with van der Waals surface area (Å²) in [5.74, 6) is -0.974. The van der Waals surface area contributed by atoms with Crippen LogP contribution >= 0.6 is 15.9 Å². The lowest BCUT2D eigenvalue weighted by Crippen LogP contribution is -2.00. The Morgan fingerprint density at radius 1 is 1.41 bits per heavy atom. The number of carboxylic acid groups (broad SMARTS) is 1. The predicted molar refractivity (Wildman–Crippen MR) is 68.1 cm³/mol. The molecule has 0 saturated heterocycles. The van der Waals surface area contributed by atoms with Gasteiger partial charge in [0, 0.05) is 15.6 Å². The molecule has 0 atom stereocenters. The van der Waals surface area contributed by atoms with Crippen molar-refractivity contribution >= 4 is 21.9 Å². The van der Waals surface area contributed by atoms with Crippen LogP contribution < -0.4 is 0 Å². The lowest BCUT2D eigenvalue weighted by atomic mass is 10.0. The highest BCUT2D eigenvalue weighted by molar-refractivity contribution is 9.10. The number of aromatic nitrogens is 2. The van der Waals surface area contributed by atoms with E-state index < -0.39 is 5.97 Å². The second-order valence-corrected chi connectivity index (χ2v) is 4.51. The molecule has 1 aromatic heterocycles. The van der Waals surface area contributed by atoms with Crippen molar-refractivity contribution in [3.05, 3.63) is 40.0 Å². The Bertz CT molecular complexity index is 546. The Balaban J connectivity index is 2.52. The molecule has 2 N–H and O–H groups in total. The summed E-state index contributed by atoms with van der Waals surface area (Å²) in [6, 6.07) is 7.63. The van der Waals surface area contributed by atoms with Crippen LogP contribution in [-0.2, 0) is 6.42 Å². The van der Waals surface area contributed by atoms with Gasteiger partial charge in [0.05, 0.1) is 5.69 Å². The van der Waals surface area contributed by atoms with E-state index in [0.717, 1.165) is 15.6 Å². The Morgan fingerprint density at radius 2 is 2.06 bits per heavy atom. The summed E-state index contributed by atoms with van der Waals surface area (Å²) in [6.07, 6.45) is 0.629. The van der Waals surface area contributed by atoms with E-state index in [2.05, 4.69) is 26.1 Å². The first-order valence-electron chi connectivity index (χ1n) is 5.20. The fourth-order valence-electron chi connectivity index (χ4n) is 1.73. The Hall–Kier alpha value is -1.62. The van der Waals surface area contributed by atoms with Crippen molar-refractivity contribution in [1.29, 1.82) is 0 Å². The van der Waals surface area contributed by atoms with Gasteiger partial charge in [0.2, 0.25) is 0 Å². The number of benzene rings is 1. The van der Waals surface area contributed by atoms with Gasteiger partial charge in [-0.25, -0.2) is 4.79 Å². The third kappa shape index (κ3) is 2.24. The van der Waals surface area contributed by atoms with Crippen molar-refractivity contribution in [2.24, 2.45) is 0 Å². The molecule has 88 valence electrons. The van der Waals surface area contributed by atoms with E-state index in [-0.39, 0.29) is 5.69 Å². The van der Waals surface area contributed by atoms with Gasteiger partial charge in [-0.1, -0.05) is 35.0 Å². The first kappa shape index (κ1) is 11.9. The van der Waals surface area contributed by atoms with Gasteiger partial charge in [0.15, 0.2) is 0 Å². The number of nitrogens with zero attached hydrogens (tertiary/aromatic N) is 1. The van der Waals surface area contributed by atoms with Crippen LogP contribution in [0.3, 0.4) is 0 Å². The average Bonchev–Trinajstić information content (AvgIpc) is 2.73. The van der Waals surface area contributed by atoms with Crippen LogP contribution in [0.25, 0.3) is 11.3 Å². The zero-order chi connectivity index (χ0) is 12.4. The second-order valence-electron chi connectivity index (χ2n) is 3.59. The molecule has 0 saturated carbocycles. The highest BCUT2D eigenvalue weighted by Crippen LogP contribution is 2.25. The van der Waals surface area contributed by atoms with Crippen molar-refractivity contribution < 1.29 is 9.90 Å². The second kappa shape index (κ2) is 4.71. The molecule has 1 aromatic carbocycles. The Kier molecular flexibility index (Phi) is 3.28. The monoisotopic (exact) mass is 294 g/mol. The molecule has 2 aromatic rings. The van der Waals surface area contributed by atoms with E-state index in [9.17, 15) is 4.79 Å². The van der Waals surface area contributed by atoms with E-state index in [1.54, 1.807) is 0 Å². The van der Waals surface area contributed by atoms with Gasteiger partial charge in [-0.05, 0) is 18.6 Å². The highest BCUT2D eigenvalue weighted by Gasteiger charge is 2.17. The van der Waals surface area contributed by atoms with Crippen molar-refractivity contribution in [1.82, 2.24) is 10.2 Å². The number of nitrogens with one attached hydrogen (secondary N) is 1. The van der Waals surface area contributed by atoms with E-state index in [4.69, 9.17) is 5.11 Å². The number of halogens is 1. The van der Waals surface area contributed by atoms with Crippen LogP contribution in [0.1, 0.15) is 23.0 Å². The number of rotatable bonds is 3. The van der Waals surface area contributed by atoms with Gasteiger partial charge in [-0.3, -0.25) is 5.10 Å². The molecular formula is C12H11BrN2O2. The lowest BCUT2D eigenvalue weighted by molar-refractivity contribution is 0.0689. The molecule has 0 aliphatic carbocycles. The third-order valence-electron chi connectivity index (χ3n) is 2.55. The maximum atomic E-state index is 11.0. The van der Waals surface area contributed by atoms with Crippen molar-refractivity contribution in [3.63, 3.8) is 0 Å². The van der Waals surface area contributed by atoms with Gasteiger partial charge in [0.25, 0.3) is 0 Å². The molecule has 0 spiro atoms. The molecule has 0 aliphatic rings. The number of aromatic carboxylic acids is 1. The fourth-order valence-corrected chi connectivity index (χ4v) is 2.00. The average molecular weight is 295 g/mol. The summed E-state index contributed by atoms with van der Waals surface area (Å²) in [5, 5.41) is 15.7. The summed E-state index contributed by atoms with van der Waals surface area (Å²) in [7, 11) is 0. The zero-order valence-corrected chi connectivity index (χ0v) is 10.8. The molecule has 0 bridgehead atoms. The Labute approximate surface area is 107 Å². The molecule has 1 heterocycles. The Morgan fingerprint density at radius 3 is 2.59 bits per heavy atom. The van der Waals surface area contributed by atoms with Gasteiger partial charge < -0.3 is 5.11 Å². The molecular weight excluding hydrogens is 284 g/mol. The molecule has 0 radical (unpaired) electrons. The van der Waals surface area contributed by atoms with Crippen LogP contribution in [0.15, 0.2) is 28.7 Å². The number of carboxylic acids is 1. The van der Waals surface area contributed by atoms with Gasteiger partial charge >= 0.3 is 5.97 Å². The minimum atomic E-state index is -0.974. The molecule has 0 amide bonds. The standard InChI is InChI=1S/C12H11BrN2O2/c1-2-9-10(14-15-11(9)12(16)17)7-3-5-8(13)6-4-7/h3-6H,2H2,1H3,(H,14,15)(H,16,17). The largest absolute Gasteiger partial charge is 0.477 e. The first-order chi connectivity index (χ1) is 8.13. The smallest absolute Gasteiger partial charge is 0.354 e. The number of hydrogen-bond donors (Lipinski definition) is 2. The maximum absolute atomic E-state index is 11.0. The van der Waals surface area contributed by atoms with E-state index in [1.165, 1.54) is 0 Å². The van der Waals surface area contributed by atoms with Crippen LogP contribution in [0, 0.1) is 0 Å². The van der Waals surface area contributed by atoms with Crippen molar-refractivity contribution in [3.8, 4) is 11.3 Å². The van der Waals surface area contributed by atoms with Crippen molar-refractivity contribution in [2.45, 2.75) is 13.3 Å². The van der Waals surface area contributed by atoms with E-state index >= 15 is 0 Å². The summed E-state index contributed by atoms with van der Waals surface area (Å²) < 4.78 is 0.980. The quantitative estimate of drug-likeness (QED) is 0.914. The molecule has 4 nitrogen and oxygen atoms in total. The maximum Gasteiger partial charge on any atom is 0.354 e. The topological polar surface area (TPSA) is 66.0 Å². The van der Waals surface area contributed by atoms with Crippen LogP contribution in [0.2, 0.25) is 0 Å².